The zero-order valence-electron chi connectivity index (χ0n) is 12.4. The molecule has 0 aromatic heterocycles. The second-order valence-corrected chi connectivity index (χ2v) is 5.60. The molecule has 1 fully saturated rings. The summed E-state index contributed by atoms with van der Waals surface area (Å²) in [6.07, 6.45) is 3.63. The van der Waals surface area contributed by atoms with Gasteiger partial charge in [0, 0.05) is 12.9 Å². The Morgan fingerprint density at radius 1 is 1.42 bits per heavy atom. The molecular formula is C15H27NO3. The van der Waals surface area contributed by atoms with E-state index in [1.807, 2.05) is 33.8 Å². The zero-order valence-corrected chi connectivity index (χ0v) is 12.4. The third-order valence-electron chi connectivity index (χ3n) is 3.09. The van der Waals surface area contributed by atoms with Gasteiger partial charge >= 0.3 is 6.09 Å². The Morgan fingerprint density at radius 3 is 2.42 bits per heavy atom. The number of hydrogen-bond donors (Lipinski definition) is 1. The van der Waals surface area contributed by atoms with E-state index in [9.17, 15) is 4.79 Å². The van der Waals surface area contributed by atoms with E-state index >= 15 is 0 Å². The molecule has 1 saturated carbocycles. The SMILES string of the molecule is C=C(C)/C(=C/C)OCC1(COC(=O)NC(C)C)CC1.[HH]. The number of hydrogen-bond acceptors (Lipinski definition) is 3. The van der Waals surface area contributed by atoms with Crippen LogP contribution in [0.25, 0.3) is 0 Å². The van der Waals surface area contributed by atoms with Crippen molar-refractivity contribution in [3.8, 4) is 0 Å². The van der Waals surface area contributed by atoms with E-state index in [-0.39, 0.29) is 19.0 Å². The molecular weight excluding hydrogens is 242 g/mol. The van der Waals surface area contributed by atoms with Gasteiger partial charge < -0.3 is 14.8 Å². The van der Waals surface area contributed by atoms with Crippen LogP contribution < -0.4 is 5.32 Å². The molecule has 0 bridgehead atoms. The first-order chi connectivity index (χ1) is 8.88. The van der Waals surface area contributed by atoms with Gasteiger partial charge in [0.15, 0.2) is 0 Å². The molecule has 4 nitrogen and oxygen atoms in total. The molecule has 0 aliphatic heterocycles. The minimum atomic E-state index is -0.354. The van der Waals surface area contributed by atoms with Crippen molar-refractivity contribution >= 4 is 6.09 Å². The van der Waals surface area contributed by atoms with Crippen LogP contribution in [-0.4, -0.2) is 25.3 Å². The van der Waals surface area contributed by atoms with Crippen LogP contribution in [0.15, 0.2) is 24.0 Å². The number of rotatable bonds is 7. The molecule has 110 valence electrons. The van der Waals surface area contributed by atoms with Crippen LogP contribution in [0.4, 0.5) is 4.79 Å². The zero-order chi connectivity index (χ0) is 14.5. The highest BCUT2D eigenvalue weighted by atomic mass is 16.6. The normalized spacial score (nSPS) is 17.0. The topological polar surface area (TPSA) is 47.6 Å². The lowest BCUT2D eigenvalue weighted by atomic mass is 10.1. The van der Waals surface area contributed by atoms with E-state index < -0.39 is 0 Å². The summed E-state index contributed by atoms with van der Waals surface area (Å²) in [4.78, 5) is 11.4. The third-order valence-corrected chi connectivity index (χ3v) is 3.09. The van der Waals surface area contributed by atoms with Crippen molar-refractivity contribution in [2.45, 2.75) is 46.6 Å². The molecule has 4 heteroatoms. The number of ether oxygens (including phenoxy) is 2. The Hall–Kier alpha value is -1.45. The van der Waals surface area contributed by atoms with Crippen LogP contribution in [0.2, 0.25) is 0 Å². The maximum absolute atomic E-state index is 11.4. The minimum absolute atomic E-state index is 0. The fraction of sp³-hybridized carbons (Fsp3) is 0.667. The smallest absolute Gasteiger partial charge is 0.407 e. The van der Waals surface area contributed by atoms with Gasteiger partial charge in [0.2, 0.25) is 0 Å². The Morgan fingerprint density at radius 2 is 2.00 bits per heavy atom. The molecule has 1 amide bonds. The van der Waals surface area contributed by atoms with Crippen molar-refractivity contribution in [3.05, 3.63) is 24.0 Å². The molecule has 0 aromatic rings. The van der Waals surface area contributed by atoms with Gasteiger partial charge in [0.1, 0.15) is 12.4 Å². The summed E-state index contributed by atoms with van der Waals surface area (Å²) in [5.74, 6) is 0.818. The Balaban J connectivity index is 0.00000361. The monoisotopic (exact) mass is 269 g/mol. The summed E-state index contributed by atoms with van der Waals surface area (Å²) in [6.45, 7) is 12.5. The maximum Gasteiger partial charge on any atom is 0.407 e. The summed E-state index contributed by atoms with van der Waals surface area (Å²) in [5.41, 5.74) is 0.912. The molecule has 1 N–H and O–H groups in total. The number of allylic oxidation sites excluding steroid dienone is 2. The van der Waals surface area contributed by atoms with E-state index in [1.165, 1.54) is 0 Å². The number of alkyl carbamates (subject to hydrolysis) is 1. The highest BCUT2D eigenvalue weighted by Crippen LogP contribution is 2.46. The molecule has 0 unspecified atom stereocenters. The maximum atomic E-state index is 11.4. The predicted molar refractivity (Wildman–Crippen MR) is 77.9 cm³/mol. The van der Waals surface area contributed by atoms with Crippen molar-refractivity contribution in [2.24, 2.45) is 5.41 Å². The largest absolute Gasteiger partial charge is 0.493 e. The van der Waals surface area contributed by atoms with Gasteiger partial charge in [-0.1, -0.05) is 6.58 Å². The van der Waals surface area contributed by atoms with Gasteiger partial charge in [-0.2, -0.15) is 0 Å². The van der Waals surface area contributed by atoms with Crippen molar-refractivity contribution < 1.29 is 15.7 Å². The first-order valence-corrected chi connectivity index (χ1v) is 6.77. The molecule has 1 aliphatic carbocycles. The molecule has 0 radical (unpaired) electrons. The molecule has 19 heavy (non-hydrogen) atoms. The first kappa shape index (κ1) is 15.6. The van der Waals surface area contributed by atoms with Gasteiger partial charge in [-0.05, 0) is 52.2 Å². The van der Waals surface area contributed by atoms with Crippen molar-refractivity contribution in [1.82, 2.24) is 5.32 Å². The summed E-state index contributed by atoms with van der Waals surface area (Å²) in [5, 5.41) is 2.71. The van der Waals surface area contributed by atoms with E-state index in [2.05, 4.69) is 11.9 Å². The van der Waals surface area contributed by atoms with Crippen LogP contribution in [0.1, 0.15) is 42.0 Å². The van der Waals surface area contributed by atoms with Gasteiger partial charge in [0.05, 0.1) is 6.61 Å². The van der Waals surface area contributed by atoms with Crippen molar-refractivity contribution in [1.29, 1.82) is 0 Å². The standard InChI is InChI=1S/C15H25NO3.H2/c1-6-13(11(2)3)18-9-15(7-8-15)10-19-14(17)16-12(4)5;/h6,12H,2,7-10H2,1,3-5H3,(H,16,17);1H/b13-6-;. The average molecular weight is 269 g/mol. The van der Waals surface area contributed by atoms with Crippen molar-refractivity contribution in [2.75, 3.05) is 13.2 Å². The molecule has 0 atom stereocenters. The number of carbonyl (C=O) groups is 1. The van der Waals surface area contributed by atoms with Crippen LogP contribution >= 0.6 is 0 Å². The first-order valence-electron chi connectivity index (χ1n) is 6.77. The van der Waals surface area contributed by atoms with E-state index in [0.717, 1.165) is 24.2 Å². The second-order valence-electron chi connectivity index (χ2n) is 5.60. The molecule has 1 rings (SSSR count). The Kier molecular flexibility index (Phi) is 5.45. The Labute approximate surface area is 117 Å². The number of amides is 1. The van der Waals surface area contributed by atoms with Gasteiger partial charge in [-0.25, -0.2) is 4.79 Å². The van der Waals surface area contributed by atoms with Crippen LogP contribution in [0.5, 0.6) is 0 Å². The summed E-state index contributed by atoms with van der Waals surface area (Å²) in [7, 11) is 0. The summed E-state index contributed by atoms with van der Waals surface area (Å²) >= 11 is 0. The lowest BCUT2D eigenvalue weighted by Crippen LogP contribution is -2.33. The van der Waals surface area contributed by atoms with Crippen LogP contribution in [-0.2, 0) is 9.47 Å². The number of carbonyl (C=O) groups excluding carboxylic acids is 1. The molecule has 1 aliphatic rings. The predicted octanol–water partition coefficient (Wildman–Crippen LogP) is 3.64. The highest BCUT2D eigenvalue weighted by Gasteiger charge is 2.45. The van der Waals surface area contributed by atoms with Crippen molar-refractivity contribution in [3.63, 3.8) is 0 Å². The van der Waals surface area contributed by atoms with Gasteiger partial charge in [-0.15, -0.1) is 0 Å². The molecule has 0 heterocycles. The van der Waals surface area contributed by atoms with Gasteiger partial charge in [-0.3, -0.25) is 0 Å². The summed E-state index contributed by atoms with van der Waals surface area (Å²) < 4.78 is 11.0. The van der Waals surface area contributed by atoms with Crippen LogP contribution in [0.3, 0.4) is 0 Å². The van der Waals surface area contributed by atoms with Crippen LogP contribution in [0, 0.1) is 5.41 Å². The van der Waals surface area contributed by atoms with E-state index in [0.29, 0.717) is 13.2 Å². The molecule has 0 spiro atoms. The summed E-state index contributed by atoms with van der Waals surface area (Å²) in [6, 6.07) is 0.0944. The Bertz CT molecular complexity index is 373. The third kappa shape index (κ3) is 5.37. The average Bonchev–Trinajstić information content (AvgIpc) is 3.07. The van der Waals surface area contributed by atoms with E-state index in [4.69, 9.17) is 9.47 Å². The second kappa shape index (κ2) is 6.64. The van der Waals surface area contributed by atoms with E-state index in [1.54, 1.807) is 0 Å². The van der Waals surface area contributed by atoms with Gasteiger partial charge in [0.25, 0.3) is 0 Å². The molecule has 0 saturated heterocycles. The lowest BCUT2D eigenvalue weighted by Gasteiger charge is -2.18. The lowest BCUT2D eigenvalue weighted by molar-refractivity contribution is 0.0796. The fourth-order valence-corrected chi connectivity index (χ4v) is 1.69. The number of nitrogens with one attached hydrogen (secondary N) is 1. The quantitative estimate of drug-likeness (QED) is 0.567. The minimum Gasteiger partial charge on any atom is -0.493 e. The molecule has 0 aromatic carbocycles. The highest BCUT2D eigenvalue weighted by molar-refractivity contribution is 5.67. The fourth-order valence-electron chi connectivity index (χ4n) is 1.69.